The van der Waals surface area contributed by atoms with Gasteiger partial charge in [-0.2, -0.15) is 4.98 Å². The maximum atomic E-state index is 12.4. The molecular formula is C14H10F3N3O2S. The summed E-state index contributed by atoms with van der Waals surface area (Å²) in [5, 5.41) is 8.50. The van der Waals surface area contributed by atoms with Crippen molar-refractivity contribution in [3.05, 3.63) is 47.7 Å². The molecule has 0 radical (unpaired) electrons. The zero-order chi connectivity index (χ0) is 16.3. The predicted molar refractivity (Wildman–Crippen MR) is 78.1 cm³/mol. The number of hydrogen-bond acceptors (Lipinski definition) is 6. The summed E-state index contributed by atoms with van der Waals surface area (Å²) < 4.78 is 46.1. The largest absolute Gasteiger partial charge is 0.573 e. The highest BCUT2D eigenvalue weighted by molar-refractivity contribution is 7.13. The van der Waals surface area contributed by atoms with Crippen LogP contribution in [0.4, 0.5) is 18.9 Å². The van der Waals surface area contributed by atoms with Gasteiger partial charge in [0.15, 0.2) is 5.75 Å². The van der Waals surface area contributed by atoms with E-state index < -0.39 is 6.36 Å². The molecule has 0 aliphatic rings. The lowest BCUT2D eigenvalue weighted by molar-refractivity contribution is -0.274. The number of rotatable bonds is 5. The molecule has 9 heteroatoms. The summed E-state index contributed by atoms with van der Waals surface area (Å²) in [6.45, 7) is 0.0800. The van der Waals surface area contributed by atoms with Gasteiger partial charge < -0.3 is 14.6 Å². The van der Waals surface area contributed by atoms with Crippen molar-refractivity contribution in [3.8, 4) is 16.5 Å². The standard InChI is InChI=1S/C14H10F3N3O2S/c15-14(16,17)21-10-5-2-1-4-9(10)18-8-12-19-13(20-22-12)11-6-3-7-23-11/h1-7,18H,8H2. The van der Waals surface area contributed by atoms with Crippen LogP contribution in [0, 0.1) is 0 Å². The lowest BCUT2D eigenvalue weighted by atomic mass is 10.3. The molecule has 1 N–H and O–H groups in total. The molecule has 0 amide bonds. The number of halogens is 3. The Kier molecular flexibility index (Phi) is 4.20. The number of nitrogens with zero attached hydrogens (tertiary/aromatic N) is 2. The Morgan fingerprint density at radius 1 is 1.17 bits per heavy atom. The third kappa shape index (κ3) is 4.01. The number of ether oxygens (including phenoxy) is 1. The Morgan fingerprint density at radius 2 is 2.00 bits per heavy atom. The van der Waals surface area contributed by atoms with Crippen molar-refractivity contribution < 1.29 is 22.4 Å². The first kappa shape index (κ1) is 15.3. The first-order valence-corrected chi connectivity index (χ1v) is 7.34. The highest BCUT2D eigenvalue weighted by Gasteiger charge is 2.32. The quantitative estimate of drug-likeness (QED) is 0.749. The van der Waals surface area contributed by atoms with Crippen LogP contribution in [0.15, 0.2) is 46.3 Å². The van der Waals surface area contributed by atoms with Crippen molar-refractivity contribution >= 4 is 17.0 Å². The summed E-state index contributed by atoms with van der Waals surface area (Å²) in [4.78, 5) is 5.03. The Bertz CT molecular complexity index is 772. The van der Waals surface area contributed by atoms with Gasteiger partial charge in [0.1, 0.15) is 0 Å². The van der Waals surface area contributed by atoms with Gasteiger partial charge in [0.25, 0.3) is 0 Å². The number of para-hydroxylation sites is 2. The Morgan fingerprint density at radius 3 is 2.74 bits per heavy atom. The van der Waals surface area contributed by atoms with Crippen molar-refractivity contribution in [1.82, 2.24) is 10.1 Å². The van der Waals surface area contributed by atoms with Crippen LogP contribution >= 0.6 is 11.3 Å². The average molecular weight is 341 g/mol. The molecule has 0 atom stereocenters. The van der Waals surface area contributed by atoms with Gasteiger partial charge in [0.2, 0.25) is 11.7 Å². The van der Waals surface area contributed by atoms with E-state index in [4.69, 9.17) is 4.52 Å². The molecule has 0 aliphatic heterocycles. The fourth-order valence-corrected chi connectivity index (χ4v) is 2.48. The second-order valence-corrected chi connectivity index (χ2v) is 5.33. The molecule has 0 unspecified atom stereocenters. The van der Waals surface area contributed by atoms with Crippen LogP contribution in [-0.4, -0.2) is 16.5 Å². The lowest BCUT2D eigenvalue weighted by Crippen LogP contribution is -2.18. The van der Waals surface area contributed by atoms with Gasteiger partial charge in [-0.15, -0.1) is 24.5 Å². The fourth-order valence-electron chi connectivity index (χ4n) is 1.83. The molecule has 3 rings (SSSR count). The number of alkyl halides is 3. The smallest absolute Gasteiger partial charge is 0.404 e. The second kappa shape index (κ2) is 6.29. The van der Waals surface area contributed by atoms with Crippen LogP contribution in [0.5, 0.6) is 5.75 Å². The number of anilines is 1. The van der Waals surface area contributed by atoms with Crippen LogP contribution in [-0.2, 0) is 6.54 Å². The number of nitrogens with one attached hydrogen (secondary N) is 1. The van der Waals surface area contributed by atoms with Gasteiger partial charge in [-0.3, -0.25) is 0 Å². The van der Waals surface area contributed by atoms with E-state index in [-0.39, 0.29) is 23.9 Å². The molecule has 2 aromatic heterocycles. The first-order valence-electron chi connectivity index (χ1n) is 6.46. The minimum Gasteiger partial charge on any atom is -0.404 e. The molecule has 0 spiro atoms. The lowest BCUT2D eigenvalue weighted by Gasteiger charge is -2.13. The third-order valence-corrected chi connectivity index (χ3v) is 3.62. The summed E-state index contributed by atoms with van der Waals surface area (Å²) in [5.41, 5.74) is 0.181. The molecule has 2 heterocycles. The molecular weight excluding hydrogens is 331 g/mol. The summed E-state index contributed by atoms with van der Waals surface area (Å²) in [5.74, 6) is 0.379. The van der Waals surface area contributed by atoms with E-state index in [0.29, 0.717) is 5.82 Å². The monoisotopic (exact) mass is 341 g/mol. The Hall–Kier alpha value is -2.55. The molecule has 5 nitrogen and oxygen atoms in total. The number of hydrogen-bond donors (Lipinski definition) is 1. The number of benzene rings is 1. The number of aromatic nitrogens is 2. The van der Waals surface area contributed by atoms with Crippen molar-refractivity contribution in [1.29, 1.82) is 0 Å². The van der Waals surface area contributed by atoms with Crippen LogP contribution in [0.3, 0.4) is 0 Å². The summed E-state index contributed by atoms with van der Waals surface area (Å²) in [6, 6.07) is 9.45. The zero-order valence-corrected chi connectivity index (χ0v) is 12.3. The third-order valence-electron chi connectivity index (χ3n) is 2.75. The van der Waals surface area contributed by atoms with Crippen LogP contribution < -0.4 is 10.1 Å². The molecule has 0 fully saturated rings. The summed E-state index contributed by atoms with van der Waals surface area (Å²) in [7, 11) is 0. The molecule has 3 aromatic rings. The van der Waals surface area contributed by atoms with Gasteiger partial charge >= 0.3 is 6.36 Å². The molecule has 0 aliphatic carbocycles. The highest BCUT2D eigenvalue weighted by atomic mass is 32.1. The van der Waals surface area contributed by atoms with Crippen molar-refractivity contribution in [2.24, 2.45) is 0 Å². The van der Waals surface area contributed by atoms with Crippen molar-refractivity contribution in [3.63, 3.8) is 0 Å². The normalized spacial score (nSPS) is 11.4. The van der Waals surface area contributed by atoms with Crippen molar-refractivity contribution in [2.45, 2.75) is 12.9 Å². The average Bonchev–Trinajstić information content (AvgIpc) is 3.16. The zero-order valence-electron chi connectivity index (χ0n) is 11.5. The summed E-state index contributed by atoms with van der Waals surface area (Å²) in [6.07, 6.45) is -4.76. The maximum Gasteiger partial charge on any atom is 0.573 e. The minimum absolute atomic E-state index is 0.0800. The second-order valence-electron chi connectivity index (χ2n) is 4.39. The van der Waals surface area contributed by atoms with E-state index in [1.54, 1.807) is 6.07 Å². The Balaban J connectivity index is 1.69. The van der Waals surface area contributed by atoms with E-state index in [2.05, 4.69) is 20.2 Å². The Labute approximate surface area is 132 Å². The highest BCUT2D eigenvalue weighted by Crippen LogP contribution is 2.30. The SMILES string of the molecule is FC(F)(F)Oc1ccccc1NCc1nc(-c2cccs2)no1. The van der Waals surface area contributed by atoms with E-state index in [0.717, 1.165) is 4.88 Å². The molecule has 23 heavy (non-hydrogen) atoms. The van der Waals surface area contributed by atoms with E-state index in [1.807, 2.05) is 17.5 Å². The topological polar surface area (TPSA) is 60.2 Å². The van der Waals surface area contributed by atoms with Gasteiger partial charge in [-0.25, -0.2) is 0 Å². The molecule has 0 bridgehead atoms. The molecule has 1 aromatic carbocycles. The van der Waals surface area contributed by atoms with Crippen LogP contribution in [0.25, 0.3) is 10.7 Å². The van der Waals surface area contributed by atoms with Crippen LogP contribution in [0.2, 0.25) is 0 Å². The van der Waals surface area contributed by atoms with Gasteiger partial charge in [-0.1, -0.05) is 23.4 Å². The molecule has 0 saturated carbocycles. The van der Waals surface area contributed by atoms with Crippen molar-refractivity contribution in [2.75, 3.05) is 5.32 Å². The number of thiophene rings is 1. The van der Waals surface area contributed by atoms with Crippen LogP contribution in [0.1, 0.15) is 5.89 Å². The fraction of sp³-hybridized carbons (Fsp3) is 0.143. The van der Waals surface area contributed by atoms with E-state index in [9.17, 15) is 13.2 Å². The van der Waals surface area contributed by atoms with Gasteiger partial charge in [-0.05, 0) is 23.6 Å². The maximum absolute atomic E-state index is 12.4. The first-order chi connectivity index (χ1) is 11.0. The predicted octanol–water partition coefficient (Wildman–Crippen LogP) is 4.31. The minimum atomic E-state index is -4.76. The van der Waals surface area contributed by atoms with Gasteiger partial charge in [0, 0.05) is 0 Å². The van der Waals surface area contributed by atoms with E-state index >= 15 is 0 Å². The van der Waals surface area contributed by atoms with Gasteiger partial charge in [0.05, 0.1) is 17.1 Å². The summed E-state index contributed by atoms with van der Waals surface area (Å²) >= 11 is 1.46. The van der Waals surface area contributed by atoms with E-state index in [1.165, 1.54) is 29.5 Å². The molecule has 0 saturated heterocycles. The molecule has 120 valence electrons.